The highest BCUT2D eigenvalue weighted by atomic mass is 16.6. The predicted octanol–water partition coefficient (Wildman–Crippen LogP) is 3.13. The van der Waals surface area contributed by atoms with E-state index >= 15 is 0 Å². The van der Waals surface area contributed by atoms with Crippen LogP contribution in [0, 0.1) is 16.0 Å². The molecule has 0 saturated carbocycles. The van der Waals surface area contributed by atoms with Crippen LogP contribution in [0.1, 0.15) is 32.8 Å². The molecule has 0 spiro atoms. The van der Waals surface area contributed by atoms with Gasteiger partial charge in [0.25, 0.3) is 0 Å². The molecule has 0 saturated heterocycles. The SMILES string of the molecule is CCC(NCc1ccc(OC)c([N+](=O)[O-])c1)C(C)C. The van der Waals surface area contributed by atoms with Crippen LogP contribution in [0.3, 0.4) is 0 Å². The standard InChI is InChI=1S/C14H22N2O3/c1-5-12(10(2)3)15-9-11-6-7-14(19-4)13(8-11)16(17)18/h6-8,10,12,15H,5,9H2,1-4H3. The molecule has 1 unspecified atom stereocenters. The Balaban J connectivity index is 2.80. The van der Waals surface area contributed by atoms with Crippen LogP contribution >= 0.6 is 0 Å². The van der Waals surface area contributed by atoms with Gasteiger partial charge >= 0.3 is 5.69 Å². The molecule has 0 fully saturated rings. The number of methoxy groups -OCH3 is 1. The Hall–Kier alpha value is -1.62. The highest BCUT2D eigenvalue weighted by molar-refractivity contribution is 5.48. The van der Waals surface area contributed by atoms with Crippen molar-refractivity contribution in [3.8, 4) is 5.75 Å². The molecule has 0 heterocycles. The van der Waals surface area contributed by atoms with E-state index in [9.17, 15) is 10.1 Å². The molecule has 106 valence electrons. The molecule has 0 aliphatic rings. The molecular weight excluding hydrogens is 244 g/mol. The smallest absolute Gasteiger partial charge is 0.311 e. The highest BCUT2D eigenvalue weighted by Crippen LogP contribution is 2.27. The molecule has 0 radical (unpaired) electrons. The first kappa shape index (κ1) is 15.4. The molecular formula is C14H22N2O3. The molecule has 0 aromatic heterocycles. The van der Waals surface area contributed by atoms with Crippen molar-refractivity contribution in [2.24, 2.45) is 5.92 Å². The fraction of sp³-hybridized carbons (Fsp3) is 0.571. The number of nitro groups is 1. The number of rotatable bonds is 7. The van der Waals surface area contributed by atoms with E-state index in [0.717, 1.165) is 12.0 Å². The maximum Gasteiger partial charge on any atom is 0.311 e. The summed E-state index contributed by atoms with van der Waals surface area (Å²) >= 11 is 0. The number of benzene rings is 1. The summed E-state index contributed by atoms with van der Waals surface area (Å²) in [6.45, 7) is 7.09. The third-order valence-corrected chi connectivity index (χ3v) is 3.25. The minimum atomic E-state index is -0.415. The van der Waals surface area contributed by atoms with Gasteiger partial charge in [-0.3, -0.25) is 10.1 Å². The molecule has 19 heavy (non-hydrogen) atoms. The van der Waals surface area contributed by atoms with E-state index in [0.29, 0.717) is 24.3 Å². The largest absolute Gasteiger partial charge is 0.490 e. The quantitative estimate of drug-likeness (QED) is 0.608. The van der Waals surface area contributed by atoms with Gasteiger partial charge in [0.1, 0.15) is 0 Å². The van der Waals surface area contributed by atoms with Crippen molar-refractivity contribution in [1.29, 1.82) is 0 Å². The Morgan fingerprint density at radius 1 is 1.42 bits per heavy atom. The Morgan fingerprint density at radius 3 is 2.58 bits per heavy atom. The summed E-state index contributed by atoms with van der Waals surface area (Å²) in [6, 6.07) is 5.48. The van der Waals surface area contributed by atoms with Gasteiger partial charge in [-0.2, -0.15) is 0 Å². The Labute approximate surface area is 114 Å². The van der Waals surface area contributed by atoms with Crippen LogP contribution in [-0.2, 0) is 6.54 Å². The van der Waals surface area contributed by atoms with E-state index in [1.54, 1.807) is 12.1 Å². The van der Waals surface area contributed by atoms with Crippen LogP contribution in [0.5, 0.6) is 5.75 Å². The molecule has 1 atom stereocenters. The monoisotopic (exact) mass is 266 g/mol. The van der Waals surface area contributed by atoms with Gasteiger partial charge in [-0.15, -0.1) is 0 Å². The zero-order chi connectivity index (χ0) is 14.4. The number of hydrogen-bond acceptors (Lipinski definition) is 4. The van der Waals surface area contributed by atoms with Gasteiger partial charge in [0.05, 0.1) is 12.0 Å². The molecule has 0 amide bonds. The molecule has 1 aromatic carbocycles. The van der Waals surface area contributed by atoms with Crippen LogP contribution < -0.4 is 10.1 Å². The summed E-state index contributed by atoms with van der Waals surface area (Å²) in [5.74, 6) is 0.836. The average molecular weight is 266 g/mol. The number of hydrogen-bond donors (Lipinski definition) is 1. The van der Waals surface area contributed by atoms with Crippen LogP contribution in [0.15, 0.2) is 18.2 Å². The summed E-state index contributed by atoms with van der Waals surface area (Å²) in [4.78, 5) is 10.5. The maximum atomic E-state index is 10.9. The van der Waals surface area contributed by atoms with Crippen molar-refractivity contribution in [1.82, 2.24) is 5.32 Å². The van der Waals surface area contributed by atoms with Gasteiger partial charge in [-0.1, -0.05) is 26.8 Å². The van der Waals surface area contributed by atoms with Crippen molar-refractivity contribution in [2.45, 2.75) is 39.8 Å². The lowest BCUT2D eigenvalue weighted by Crippen LogP contribution is -2.32. The summed E-state index contributed by atoms with van der Waals surface area (Å²) in [6.07, 6.45) is 1.04. The van der Waals surface area contributed by atoms with Crippen molar-refractivity contribution in [2.75, 3.05) is 7.11 Å². The van der Waals surface area contributed by atoms with E-state index in [1.165, 1.54) is 7.11 Å². The molecule has 1 N–H and O–H groups in total. The number of ether oxygens (including phenoxy) is 1. The molecule has 1 aromatic rings. The first-order valence-electron chi connectivity index (χ1n) is 6.54. The Morgan fingerprint density at radius 2 is 2.11 bits per heavy atom. The second-order valence-corrected chi connectivity index (χ2v) is 4.90. The Kier molecular flexibility index (Phi) is 5.76. The van der Waals surface area contributed by atoms with Crippen LogP contribution in [0.25, 0.3) is 0 Å². The van der Waals surface area contributed by atoms with Crippen LogP contribution in [0.4, 0.5) is 5.69 Å². The van der Waals surface area contributed by atoms with Crippen molar-refractivity contribution >= 4 is 5.69 Å². The first-order valence-corrected chi connectivity index (χ1v) is 6.54. The third kappa shape index (κ3) is 4.21. The zero-order valence-corrected chi connectivity index (χ0v) is 12.0. The van der Waals surface area contributed by atoms with E-state index in [-0.39, 0.29) is 5.69 Å². The van der Waals surface area contributed by atoms with E-state index in [1.807, 2.05) is 6.07 Å². The zero-order valence-electron chi connectivity index (χ0n) is 12.0. The summed E-state index contributed by atoms with van der Waals surface area (Å²) < 4.78 is 4.98. The highest BCUT2D eigenvalue weighted by Gasteiger charge is 2.16. The van der Waals surface area contributed by atoms with Crippen LogP contribution in [0.2, 0.25) is 0 Å². The second kappa shape index (κ2) is 7.09. The fourth-order valence-corrected chi connectivity index (χ4v) is 2.09. The number of nitro benzene ring substituents is 1. The third-order valence-electron chi connectivity index (χ3n) is 3.25. The van der Waals surface area contributed by atoms with Gasteiger partial charge in [0, 0.05) is 18.7 Å². The summed E-state index contributed by atoms with van der Waals surface area (Å²) in [5, 5.41) is 14.4. The van der Waals surface area contributed by atoms with Crippen LogP contribution in [-0.4, -0.2) is 18.1 Å². The Bertz CT molecular complexity index is 433. The molecule has 5 heteroatoms. The molecule has 0 bridgehead atoms. The first-order chi connectivity index (χ1) is 8.99. The van der Waals surface area contributed by atoms with Crippen molar-refractivity contribution in [3.63, 3.8) is 0 Å². The fourth-order valence-electron chi connectivity index (χ4n) is 2.09. The second-order valence-electron chi connectivity index (χ2n) is 4.90. The maximum absolute atomic E-state index is 10.9. The minimum absolute atomic E-state index is 0.0133. The summed E-state index contributed by atoms with van der Waals surface area (Å²) in [5.41, 5.74) is 0.908. The number of nitrogens with zero attached hydrogens (tertiary/aromatic N) is 1. The molecule has 0 aliphatic heterocycles. The van der Waals surface area contributed by atoms with Crippen molar-refractivity contribution in [3.05, 3.63) is 33.9 Å². The molecule has 0 aliphatic carbocycles. The summed E-state index contributed by atoms with van der Waals surface area (Å²) in [7, 11) is 1.44. The van der Waals surface area contributed by atoms with E-state index in [4.69, 9.17) is 4.74 Å². The number of nitrogens with one attached hydrogen (secondary N) is 1. The normalized spacial score (nSPS) is 12.5. The van der Waals surface area contributed by atoms with Gasteiger partial charge < -0.3 is 10.1 Å². The lowest BCUT2D eigenvalue weighted by molar-refractivity contribution is -0.385. The lowest BCUT2D eigenvalue weighted by atomic mass is 10.0. The molecule has 1 rings (SSSR count). The van der Waals surface area contributed by atoms with Gasteiger partial charge in [0.2, 0.25) is 0 Å². The van der Waals surface area contributed by atoms with Gasteiger partial charge in [-0.05, 0) is 24.0 Å². The van der Waals surface area contributed by atoms with Crippen molar-refractivity contribution < 1.29 is 9.66 Å². The lowest BCUT2D eigenvalue weighted by Gasteiger charge is -2.20. The van der Waals surface area contributed by atoms with E-state index < -0.39 is 4.92 Å². The van der Waals surface area contributed by atoms with Gasteiger partial charge in [-0.25, -0.2) is 0 Å². The minimum Gasteiger partial charge on any atom is -0.490 e. The average Bonchev–Trinajstić information content (AvgIpc) is 2.38. The molecule has 5 nitrogen and oxygen atoms in total. The van der Waals surface area contributed by atoms with E-state index in [2.05, 4.69) is 26.1 Å². The topological polar surface area (TPSA) is 64.4 Å². The van der Waals surface area contributed by atoms with Gasteiger partial charge in [0.15, 0.2) is 5.75 Å². The predicted molar refractivity (Wildman–Crippen MR) is 75.4 cm³/mol.